The summed E-state index contributed by atoms with van der Waals surface area (Å²) in [4.78, 5) is 17.1. The van der Waals surface area contributed by atoms with E-state index in [9.17, 15) is 4.79 Å². The number of carbonyl (C=O) groups is 1. The van der Waals surface area contributed by atoms with Crippen LogP contribution in [0.2, 0.25) is 0 Å². The van der Waals surface area contributed by atoms with Gasteiger partial charge in [0.15, 0.2) is 0 Å². The summed E-state index contributed by atoms with van der Waals surface area (Å²) in [5.41, 5.74) is 4.38. The van der Waals surface area contributed by atoms with Gasteiger partial charge in [0, 0.05) is 18.0 Å². The Balaban J connectivity index is 1.41. The molecule has 0 saturated carbocycles. The normalized spacial score (nSPS) is 10.7. The van der Waals surface area contributed by atoms with Gasteiger partial charge in [-0.1, -0.05) is 42.5 Å². The van der Waals surface area contributed by atoms with Crippen molar-refractivity contribution in [2.75, 3.05) is 18.5 Å². The van der Waals surface area contributed by atoms with Gasteiger partial charge in [-0.25, -0.2) is 9.78 Å². The first-order valence-electron chi connectivity index (χ1n) is 9.47. The Bertz CT molecular complexity index is 1120. The molecule has 6 heteroatoms. The number of nitrogens with one attached hydrogen (secondary N) is 2. The molecular formula is C23H22N4O2. The number of para-hydroxylation sites is 2. The van der Waals surface area contributed by atoms with Gasteiger partial charge in [-0.3, -0.25) is 0 Å². The SMILES string of the molecule is Cc1cccn2cc(-c3ccccc3NC(=O)NCCOc3ccccc3)nc12. The number of benzene rings is 2. The van der Waals surface area contributed by atoms with Crippen LogP contribution in [0.4, 0.5) is 10.5 Å². The molecule has 2 heterocycles. The van der Waals surface area contributed by atoms with E-state index in [0.717, 1.165) is 28.2 Å². The molecule has 0 radical (unpaired) electrons. The molecule has 29 heavy (non-hydrogen) atoms. The molecule has 4 rings (SSSR count). The molecule has 0 aliphatic rings. The molecule has 2 aromatic heterocycles. The summed E-state index contributed by atoms with van der Waals surface area (Å²) < 4.78 is 7.58. The number of anilines is 1. The average Bonchev–Trinajstić information content (AvgIpc) is 3.18. The molecule has 6 nitrogen and oxygen atoms in total. The monoisotopic (exact) mass is 386 g/mol. The molecule has 0 aliphatic carbocycles. The van der Waals surface area contributed by atoms with E-state index in [4.69, 9.17) is 9.72 Å². The second-order valence-corrected chi connectivity index (χ2v) is 6.64. The van der Waals surface area contributed by atoms with E-state index in [0.29, 0.717) is 18.8 Å². The van der Waals surface area contributed by atoms with Crippen LogP contribution in [-0.2, 0) is 0 Å². The highest BCUT2D eigenvalue weighted by Gasteiger charge is 2.12. The van der Waals surface area contributed by atoms with Gasteiger partial charge in [0.25, 0.3) is 0 Å². The summed E-state index contributed by atoms with van der Waals surface area (Å²) in [6.07, 6.45) is 3.93. The zero-order chi connectivity index (χ0) is 20.1. The first-order valence-corrected chi connectivity index (χ1v) is 9.47. The molecule has 0 spiro atoms. The number of hydrogen-bond donors (Lipinski definition) is 2. The molecule has 0 aliphatic heterocycles. The highest BCUT2D eigenvalue weighted by molar-refractivity contribution is 5.94. The molecular weight excluding hydrogens is 364 g/mol. The zero-order valence-corrected chi connectivity index (χ0v) is 16.1. The summed E-state index contributed by atoms with van der Waals surface area (Å²) in [6.45, 7) is 2.82. The largest absolute Gasteiger partial charge is 0.492 e. The number of urea groups is 1. The van der Waals surface area contributed by atoms with Crippen LogP contribution >= 0.6 is 0 Å². The zero-order valence-electron chi connectivity index (χ0n) is 16.1. The Kier molecular flexibility index (Phi) is 5.42. The molecule has 146 valence electrons. The number of pyridine rings is 1. The van der Waals surface area contributed by atoms with Crippen molar-refractivity contribution < 1.29 is 9.53 Å². The molecule has 0 unspecified atom stereocenters. The molecule has 0 bridgehead atoms. The first kappa shape index (κ1) is 18.6. The van der Waals surface area contributed by atoms with Gasteiger partial charge in [0.1, 0.15) is 18.0 Å². The van der Waals surface area contributed by atoms with Gasteiger partial charge in [0.05, 0.1) is 17.9 Å². The minimum atomic E-state index is -0.283. The van der Waals surface area contributed by atoms with Crippen molar-refractivity contribution in [3.63, 3.8) is 0 Å². The number of hydrogen-bond acceptors (Lipinski definition) is 3. The van der Waals surface area contributed by atoms with Crippen LogP contribution in [-0.4, -0.2) is 28.6 Å². The van der Waals surface area contributed by atoms with Gasteiger partial charge in [-0.2, -0.15) is 0 Å². The average molecular weight is 386 g/mol. The van der Waals surface area contributed by atoms with Gasteiger partial charge in [-0.05, 0) is 36.8 Å². The fraction of sp³-hybridized carbons (Fsp3) is 0.130. The lowest BCUT2D eigenvalue weighted by Gasteiger charge is -2.11. The molecule has 0 atom stereocenters. The van der Waals surface area contributed by atoms with Crippen molar-refractivity contribution in [2.24, 2.45) is 0 Å². The quantitative estimate of drug-likeness (QED) is 0.479. The lowest BCUT2D eigenvalue weighted by Crippen LogP contribution is -2.32. The van der Waals surface area contributed by atoms with Crippen LogP contribution in [0.5, 0.6) is 5.75 Å². The predicted molar refractivity (Wildman–Crippen MR) is 114 cm³/mol. The minimum absolute atomic E-state index is 0.283. The van der Waals surface area contributed by atoms with Gasteiger partial charge in [-0.15, -0.1) is 0 Å². The van der Waals surface area contributed by atoms with Crippen molar-refractivity contribution in [1.29, 1.82) is 0 Å². The third kappa shape index (κ3) is 4.38. The minimum Gasteiger partial charge on any atom is -0.492 e. The van der Waals surface area contributed by atoms with Crippen LogP contribution in [0.3, 0.4) is 0 Å². The number of aryl methyl sites for hydroxylation is 1. The van der Waals surface area contributed by atoms with Gasteiger partial charge >= 0.3 is 6.03 Å². The highest BCUT2D eigenvalue weighted by Crippen LogP contribution is 2.28. The Morgan fingerprint density at radius 3 is 2.66 bits per heavy atom. The van der Waals surface area contributed by atoms with E-state index in [1.165, 1.54) is 0 Å². The van der Waals surface area contributed by atoms with E-state index >= 15 is 0 Å². The van der Waals surface area contributed by atoms with Crippen LogP contribution < -0.4 is 15.4 Å². The summed E-state index contributed by atoms with van der Waals surface area (Å²) in [5, 5.41) is 5.73. The van der Waals surface area contributed by atoms with Crippen LogP contribution in [0.1, 0.15) is 5.56 Å². The topological polar surface area (TPSA) is 67.7 Å². The Hall–Kier alpha value is -3.80. The lowest BCUT2D eigenvalue weighted by atomic mass is 10.1. The van der Waals surface area contributed by atoms with Crippen molar-refractivity contribution >= 4 is 17.4 Å². The van der Waals surface area contributed by atoms with Gasteiger partial charge < -0.3 is 19.8 Å². The second kappa shape index (κ2) is 8.48. The Morgan fingerprint density at radius 1 is 1.03 bits per heavy atom. The molecule has 0 saturated heterocycles. The van der Waals surface area contributed by atoms with E-state index in [2.05, 4.69) is 10.6 Å². The van der Waals surface area contributed by atoms with Crippen LogP contribution in [0.25, 0.3) is 16.9 Å². The molecule has 0 fully saturated rings. The summed E-state index contributed by atoms with van der Waals surface area (Å²) in [5.74, 6) is 0.780. The Labute approximate surface area is 169 Å². The molecule has 4 aromatic rings. The summed E-state index contributed by atoms with van der Waals surface area (Å²) >= 11 is 0. The third-order valence-corrected chi connectivity index (χ3v) is 4.53. The third-order valence-electron chi connectivity index (χ3n) is 4.53. The maximum atomic E-state index is 12.3. The van der Waals surface area contributed by atoms with Crippen LogP contribution in [0, 0.1) is 6.92 Å². The van der Waals surface area contributed by atoms with Crippen molar-refractivity contribution in [2.45, 2.75) is 6.92 Å². The number of aromatic nitrogens is 2. The number of amides is 2. The van der Waals surface area contributed by atoms with Gasteiger partial charge in [0.2, 0.25) is 0 Å². The number of fused-ring (bicyclic) bond motifs is 1. The van der Waals surface area contributed by atoms with Crippen molar-refractivity contribution in [1.82, 2.24) is 14.7 Å². The summed E-state index contributed by atoms with van der Waals surface area (Å²) in [6, 6.07) is 20.9. The second-order valence-electron chi connectivity index (χ2n) is 6.64. The molecule has 2 N–H and O–H groups in total. The van der Waals surface area contributed by atoms with E-state index < -0.39 is 0 Å². The highest BCUT2D eigenvalue weighted by atomic mass is 16.5. The van der Waals surface area contributed by atoms with Crippen molar-refractivity contribution in [3.8, 4) is 17.0 Å². The predicted octanol–water partition coefficient (Wildman–Crippen LogP) is 4.51. The van der Waals surface area contributed by atoms with E-state index in [-0.39, 0.29) is 6.03 Å². The number of imidazole rings is 1. The lowest BCUT2D eigenvalue weighted by molar-refractivity contribution is 0.247. The fourth-order valence-corrected chi connectivity index (χ4v) is 3.12. The maximum Gasteiger partial charge on any atom is 0.319 e. The first-order chi connectivity index (χ1) is 14.2. The Morgan fingerprint density at radius 2 is 1.83 bits per heavy atom. The number of nitrogens with zero attached hydrogens (tertiary/aromatic N) is 2. The molecule has 2 aromatic carbocycles. The van der Waals surface area contributed by atoms with Crippen molar-refractivity contribution in [3.05, 3.63) is 84.7 Å². The molecule has 2 amide bonds. The summed E-state index contributed by atoms with van der Waals surface area (Å²) in [7, 11) is 0. The number of rotatable bonds is 6. The smallest absolute Gasteiger partial charge is 0.319 e. The number of carbonyl (C=O) groups excluding carboxylic acids is 1. The standard InChI is InChI=1S/C23H22N4O2/c1-17-8-7-14-27-16-21(25-22(17)27)19-11-5-6-12-20(19)26-23(28)24-13-15-29-18-9-3-2-4-10-18/h2-12,14,16H,13,15H2,1H3,(H2,24,26,28). The van der Waals surface area contributed by atoms with E-state index in [1.54, 1.807) is 0 Å². The van der Waals surface area contributed by atoms with Crippen LogP contribution in [0.15, 0.2) is 79.1 Å². The maximum absolute atomic E-state index is 12.3. The number of ether oxygens (including phenoxy) is 1. The van der Waals surface area contributed by atoms with E-state index in [1.807, 2.05) is 90.4 Å². The fourth-order valence-electron chi connectivity index (χ4n) is 3.12.